The minimum absolute atomic E-state index is 0.122. The monoisotopic (exact) mass is 173 g/mol. The van der Waals surface area contributed by atoms with Crippen LogP contribution in [0.2, 0.25) is 0 Å². The molecule has 1 heterocycles. The average molecular weight is 173 g/mol. The van der Waals surface area contributed by atoms with Crippen molar-refractivity contribution in [3.8, 4) is 0 Å². The molecule has 0 saturated carbocycles. The van der Waals surface area contributed by atoms with Crippen LogP contribution < -0.4 is 5.32 Å². The summed E-state index contributed by atoms with van der Waals surface area (Å²) in [7, 11) is 0. The summed E-state index contributed by atoms with van der Waals surface area (Å²) in [5, 5.41) is 3.34. The standard InChI is InChI=1S/C12H15N/c1-4-12(3)9(2)13-11-8-6-5-7-10(11)12/h5-8,13H,2,4H2,1,3H3. The van der Waals surface area contributed by atoms with E-state index >= 15 is 0 Å². The van der Waals surface area contributed by atoms with Gasteiger partial charge in [-0.25, -0.2) is 0 Å². The lowest BCUT2D eigenvalue weighted by molar-refractivity contribution is 0.561. The Morgan fingerprint density at radius 2 is 2.08 bits per heavy atom. The van der Waals surface area contributed by atoms with Crippen molar-refractivity contribution in [2.45, 2.75) is 25.7 Å². The molecule has 68 valence electrons. The van der Waals surface area contributed by atoms with Crippen molar-refractivity contribution in [3.05, 3.63) is 42.1 Å². The van der Waals surface area contributed by atoms with E-state index in [-0.39, 0.29) is 5.41 Å². The first-order valence-electron chi connectivity index (χ1n) is 4.74. The number of hydrogen-bond acceptors (Lipinski definition) is 1. The van der Waals surface area contributed by atoms with Crippen LogP contribution in [-0.2, 0) is 5.41 Å². The molecule has 1 atom stereocenters. The Labute approximate surface area is 79.5 Å². The normalized spacial score (nSPS) is 25.5. The number of allylic oxidation sites excluding steroid dienone is 1. The van der Waals surface area contributed by atoms with Gasteiger partial charge in [-0.15, -0.1) is 0 Å². The minimum atomic E-state index is 0.122. The zero-order chi connectivity index (χ0) is 9.47. The Kier molecular flexibility index (Phi) is 1.69. The number of anilines is 1. The Morgan fingerprint density at radius 3 is 2.77 bits per heavy atom. The van der Waals surface area contributed by atoms with Crippen LogP contribution >= 0.6 is 0 Å². The first-order chi connectivity index (χ1) is 6.18. The topological polar surface area (TPSA) is 12.0 Å². The zero-order valence-corrected chi connectivity index (χ0v) is 8.22. The average Bonchev–Trinajstić information content (AvgIpc) is 2.41. The molecule has 0 aliphatic carbocycles. The van der Waals surface area contributed by atoms with Crippen molar-refractivity contribution in [3.63, 3.8) is 0 Å². The molecule has 0 fully saturated rings. The lowest BCUT2D eigenvalue weighted by atomic mass is 9.80. The maximum atomic E-state index is 4.08. The summed E-state index contributed by atoms with van der Waals surface area (Å²) in [6.45, 7) is 8.53. The van der Waals surface area contributed by atoms with Crippen molar-refractivity contribution in [2.24, 2.45) is 0 Å². The summed E-state index contributed by atoms with van der Waals surface area (Å²) in [6.07, 6.45) is 1.09. The molecule has 1 aromatic carbocycles. The fourth-order valence-electron chi connectivity index (χ4n) is 1.94. The molecular weight excluding hydrogens is 158 g/mol. The van der Waals surface area contributed by atoms with Crippen molar-refractivity contribution < 1.29 is 0 Å². The summed E-state index contributed by atoms with van der Waals surface area (Å²) >= 11 is 0. The van der Waals surface area contributed by atoms with Crippen molar-refractivity contribution in [2.75, 3.05) is 5.32 Å². The summed E-state index contributed by atoms with van der Waals surface area (Å²) in [5.41, 5.74) is 3.84. The highest BCUT2D eigenvalue weighted by molar-refractivity contribution is 5.67. The molecule has 0 saturated heterocycles. The van der Waals surface area contributed by atoms with Crippen LogP contribution in [-0.4, -0.2) is 0 Å². The molecular formula is C12H15N. The Balaban J connectivity index is 2.59. The van der Waals surface area contributed by atoms with Gasteiger partial charge in [-0.05, 0) is 25.0 Å². The van der Waals surface area contributed by atoms with E-state index in [1.165, 1.54) is 11.3 Å². The van der Waals surface area contributed by atoms with Gasteiger partial charge in [-0.1, -0.05) is 31.7 Å². The van der Waals surface area contributed by atoms with E-state index in [1.807, 2.05) is 0 Å². The third-order valence-corrected chi connectivity index (χ3v) is 3.18. The van der Waals surface area contributed by atoms with Gasteiger partial charge >= 0.3 is 0 Å². The number of rotatable bonds is 1. The van der Waals surface area contributed by atoms with E-state index in [9.17, 15) is 0 Å². The summed E-state index contributed by atoms with van der Waals surface area (Å²) < 4.78 is 0. The molecule has 1 N–H and O–H groups in total. The molecule has 1 heteroatoms. The molecule has 0 radical (unpaired) electrons. The van der Waals surface area contributed by atoms with Gasteiger partial charge < -0.3 is 5.32 Å². The van der Waals surface area contributed by atoms with E-state index < -0.39 is 0 Å². The molecule has 2 rings (SSSR count). The minimum Gasteiger partial charge on any atom is -0.358 e. The third kappa shape index (κ3) is 0.998. The number of benzene rings is 1. The van der Waals surface area contributed by atoms with Crippen LogP contribution in [0.4, 0.5) is 5.69 Å². The van der Waals surface area contributed by atoms with Crippen LogP contribution in [0, 0.1) is 0 Å². The van der Waals surface area contributed by atoms with Crippen LogP contribution in [0.5, 0.6) is 0 Å². The zero-order valence-electron chi connectivity index (χ0n) is 8.22. The lowest BCUT2D eigenvalue weighted by Gasteiger charge is -2.23. The smallest absolute Gasteiger partial charge is 0.0424 e. The van der Waals surface area contributed by atoms with Gasteiger partial charge in [0.05, 0.1) is 0 Å². The maximum Gasteiger partial charge on any atom is 0.0424 e. The van der Waals surface area contributed by atoms with Gasteiger partial charge in [0.25, 0.3) is 0 Å². The highest BCUT2D eigenvalue weighted by Crippen LogP contribution is 2.44. The molecule has 0 spiro atoms. The summed E-state index contributed by atoms with van der Waals surface area (Å²) in [6, 6.07) is 8.44. The van der Waals surface area contributed by atoms with Crippen molar-refractivity contribution >= 4 is 5.69 Å². The fraction of sp³-hybridized carbons (Fsp3) is 0.333. The first kappa shape index (κ1) is 8.36. The molecule has 0 bridgehead atoms. The summed E-state index contributed by atoms with van der Waals surface area (Å²) in [4.78, 5) is 0. The quantitative estimate of drug-likeness (QED) is 0.687. The molecule has 1 nitrogen and oxygen atoms in total. The molecule has 1 aliphatic heterocycles. The highest BCUT2D eigenvalue weighted by Gasteiger charge is 2.35. The molecule has 1 aliphatic rings. The van der Waals surface area contributed by atoms with E-state index in [1.54, 1.807) is 0 Å². The second-order valence-electron chi connectivity index (χ2n) is 3.83. The fourth-order valence-corrected chi connectivity index (χ4v) is 1.94. The Hall–Kier alpha value is -1.24. The lowest BCUT2D eigenvalue weighted by Crippen LogP contribution is -2.19. The van der Waals surface area contributed by atoms with E-state index in [4.69, 9.17) is 0 Å². The number of hydrogen-bond donors (Lipinski definition) is 1. The van der Waals surface area contributed by atoms with E-state index in [0.29, 0.717) is 0 Å². The third-order valence-electron chi connectivity index (χ3n) is 3.18. The molecule has 0 aromatic heterocycles. The highest BCUT2D eigenvalue weighted by atomic mass is 14.9. The van der Waals surface area contributed by atoms with Gasteiger partial charge in [0, 0.05) is 16.8 Å². The van der Waals surface area contributed by atoms with Crippen molar-refractivity contribution in [1.29, 1.82) is 0 Å². The molecule has 0 amide bonds. The number of fused-ring (bicyclic) bond motifs is 1. The number of para-hydroxylation sites is 1. The van der Waals surface area contributed by atoms with Gasteiger partial charge in [0.15, 0.2) is 0 Å². The molecule has 1 aromatic rings. The predicted octanol–water partition coefficient (Wildman–Crippen LogP) is 3.29. The van der Waals surface area contributed by atoms with Crippen LogP contribution in [0.3, 0.4) is 0 Å². The summed E-state index contributed by atoms with van der Waals surface area (Å²) in [5.74, 6) is 0. The molecule has 1 unspecified atom stereocenters. The van der Waals surface area contributed by atoms with Gasteiger partial charge in [-0.3, -0.25) is 0 Å². The van der Waals surface area contributed by atoms with Crippen LogP contribution in [0.15, 0.2) is 36.5 Å². The number of nitrogens with one attached hydrogen (secondary N) is 1. The Morgan fingerprint density at radius 1 is 1.38 bits per heavy atom. The van der Waals surface area contributed by atoms with Crippen LogP contribution in [0.1, 0.15) is 25.8 Å². The van der Waals surface area contributed by atoms with Gasteiger partial charge in [0.1, 0.15) is 0 Å². The van der Waals surface area contributed by atoms with Crippen molar-refractivity contribution in [1.82, 2.24) is 0 Å². The van der Waals surface area contributed by atoms with Crippen LogP contribution in [0.25, 0.3) is 0 Å². The predicted molar refractivity (Wildman–Crippen MR) is 56.8 cm³/mol. The van der Waals surface area contributed by atoms with Gasteiger partial charge in [-0.2, -0.15) is 0 Å². The Bertz CT molecular complexity index is 354. The second kappa shape index (κ2) is 2.63. The molecule has 13 heavy (non-hydrogen) atoms. The first-order valence-corrected chi connectivity index (χ1v) is 4.74. The largest absolute Gasteiger partial charge is 0.358 e. The maximum absolute atomic E-state index is 4.08. The second-order valence-corrected chi connectivity index (χ2v) is 3.83. The SMILES string of the molecule is C=C1Nc2ccccc2C1(C)CC. The van der Waals surface area contributed by atoms with Gasteiger partial charge in [0.2, 0.25) is 0 Å². The van der Waals surface area contributed by atoms with E-state index in [2.05, 4.69) is 50.0 Å². The van der Waals surface area contributed by atoms with E-state index in [0.717, 1.165) is 12.1 Å².